The maximum Gasteiger partial charge on any atom is 0.236 e. The van der Waals surface area contributed by atoms with Crippen molar-refractivity contribution in [2.45, 2.75) is 39.2 Å². The fourth-order valence-electron chi connectivity index (χ4n) is 1.92. The minimum atomic E-state index is -0.376. The average molecular weight is 184 g/mol. The zero-order valence-corrected chi connectivity index (χ0v) is 8.55. The van der Waals surface area contributed by atoms with E-state index in [1.165, 1.54) is 19.3 Å². The predicted molar refractivity (Wildman–Crippen MR) is 53.2 cm³/mol. The molecule has 0 aromatic rings. The Labute approximate surface area is 80.1 Å². The Bertz CT molecular complexity index is 180. The van der Waals surface area contributed by atoms with Gasteiger partial charge in [-0.1, -0.05) is 13.3 Å². The quantitative estimate of drug-likeness (QED) is 0.684. The van der Waals surface area contributed by atoms with Gasteiger partial charge in [-0.2, -0.15) is 0 Å². The minimum absolute atomic E-state index is 0.0282. The number of nitrogens with two attached hydrogens (primary N) is 1. The van der Waals surface area contributed by atoms with Crippen LogP contribution in [0.2, 0.25) is 0 Å². The highest BCUT2D eigenvalue weighted by atomic mass is 16.2. The molecule has 2 unspecified atom stereocenters. The van der Waals surface area contributed by atoms with Crippen molar-refractivity contribution in [1.82, 2.24) is 5.32 Å². The molecule has 1 rings (SSSR count). The molecule has 1 saturated carbocycles. The van der Waals surface area contributed by atoms with Gasteiger partial charge < -0.3 is 11.1 Å². The molecule has 3 heteroatoms. The van der Waals surface area contributed by atoms with E-state index >= 15 is 0 Å². The number of amides is 1. The average Bonchev–Trinajstić information content (AvgIpc) is 2.47. The Morgan fingerprint density at radius 2 is 2.31 bits per heavy atom. The SMILES string of the molecule is CC1CCC(CNC(=O)[C@H](C)N)C1. The maximum atomic E-state index is 11.1. The molecule has 76 valence electrons. The molecule has 0 spiro atoms. The molecule has 0 aromatic carbocycles. The molecule has 3 N–H and O–H groups in total. The van der Waals surface area contributed by atoms with Crippen LogP contribution in [0.1, 0.15) is 33.1 Å². The summed E-state index contributed by atoms with van der Waals surface area (Å²) in [5.41, 5.74) is 5.44. The second-order valence-electron chi connectivity index (χ2n) is 4.32. The van der Waals surface area contributed by atoms with Crippen LogP contribution in [-0.2, 0) is 4.79 Å². The van der Waals surface area contributed by atoms with Gasteiger partial charge in [0.05, 0.1) is 6.04 Å². The number of carbonyl (C=O) groups excluding carboxylic acids is 1. The Morgan fingerprint density at radius 1 is 1.62 bits per heavy atom. The van der Waals surface area contributed by atoms with Crippen LogP contribution in [0.15, 0.2) is 0 Å². The Morgan fingerprint density at radius 3 is 2.77 bits per heavy atom. The lowest BCUT2D eigenvalue weighted by Crippen LogP contribution is -2.40. The van der Waals surface area contributed by atoms with Crippen LogP contribution >= 0.6 is 0 Å². The van der Waals surface area contributed by atoms with Crippen molar-refractivity contribution in [3.05, 3.63) is 0 Å². The van der Waals surface area contributed by atoms with Crippen molar-refractivity contribution in [2.24, 2.45) is 17.6 Å². The van der Waals surface area contributed by atoms with Crippen LogP contribution in [0.3, 0.4) is 0 Å². The number of nitrogens with one attached hydrogen (secondary N) is 1. The van der Waals surface area contributed by atoms with Gasteiger partial charge in [-0.25, -0.2) is 0 Å². The van der Waals surface area contributed by atoms with Crippen molar-refractivity contribution >= 4 is 5.91 Å². The summed E-state index contributed by atoms with van der Waals surface area (Å²) in [6.07, 6.45) is 3.80. The molecule has 3 atom stereocenters. The van der Waals surface area contributed by atoms with Crippen LogP contribution in [0, 0.1) is 11.8 Å². The van der Waals surface area contributed by atoms with Crippen LogP contribution in [0.25, 0.3) is 0 Å². The van der Waals surface area contributed by atoms with Gasteiger partial charge in [0.25, 0.3) is 0 Å². The molecule has 1 amide bonds. The monoisotopic (exact) mass is 184 g/mol. The van der Waals surface area contributed by atoms with Gasteiger partial charge in [0.2, 0.25) is 5.91 Å². The number of rotatable bonds is 3. The van der Waals surface area contributed by atoms with Gasteiger partial charge in [-0.05, 0) is 31.6 Å². The van der Waals surface area contributed by atoms with Gasteiger partial charge in [-0.15, -0.1) is 0 Å². The topological polar surface area (TPSA) is 55.1 Å². The summed E-state index contributed by atoms with van der Waals surface area (Å²) in [7, 11) is 0. The van der Waals surface area contributed by atoms with Gasteiger partial charge in [0, 0.05) is 6.54 Å². The highest BCUT2D eigenvalue weighted by Gasteiger charge is 2.21. The lowest BCUT2D eigenvalue weighted by Gasteiger charge is -2.12. The van der Waals surface area contributed by atoms with Gasteiger partial charge in [-0.3, -0.25) is 4.79 Å². The minimum Gasteiger partial charge on any atom is -0.354 e. The fraction of sp³-hybridized carbons (Fsp3) is 0.900. The largest absolute Gasteiger partial charge is 0.354 e. The molecule has 0 saturated heterocycles. The molecule has 1 aliphatic rings. The van der Waals surface area contributed by atoms with Crippen LogP contribution in [-0.4, -0.2) is 18.5 Å². The molecule has 0 aliphatic heterocycles. The Balaban J connectivity index is 2.16. The molecule has 0 heterocycles. The first-order chi connectivity index (χ1) is 6.09. The van der Waals surface area contributed by atoms with Crippen LogP contribution < -0.4 is 11.1 Å². The van der Waals surface area contributed by atoms with Crippen molar-refractivity contribution in [2.75, 3.05) is 6.54 Å². The summed E-state index contributed by atoms with van der Waals surface area (Å²) in [6.45, 7) is 4.80. The van der Waals surface area contributed by atoms with Crippen molar-refractivity contribution in [1.29, 1.82) is 0 Å². The molecule has 0 radical (unpaired) electrons. The van der Waals surface area contributed by atoms with E-state index in [0.717, 1.165) is 12.5 Å². The fourth-order valence-corrected chi connectivity index (χ4v) is 1.92. The highest BCUT2D eigenvalue weighted by molar-refractivity contribution is 5.80. The molecule has 0 bridgehead atoms. The molecule has 0 aromatic heterocycles. The molecular formula is C10H20N2O. The summed E-state index contributed by atoms with van der Waals surface area (Å²) in [5, 5.41) is 2.88. The first-order valence-corrected chi connectivity index (χ1v) is 5.13. The zero-order chi connectivity index (χ0) is 9.84. The second-order valence-corrected chi connectivity index (χ2v) is 4.32. The van der Waals surface area contributed by atoms with E-state index in [0.29, 0.717) is 5.92 Å². The van der Waals surface area contributed by atoms with E-state index in [9.17, 15) is 4.79 Å². The van der Waals surface area contributed by atoms with E-state index in [2.05, 4.69) is 12.2 Å². The first-order valence-electron chi connectivity index (χ1n) is 5.13. The number of hydrogen-bond acceptors (Lipinski definition) is 2. The van der Waals surface area contributed by atoms with Crippen LogP contribution in [0.5, 0.6) is 0 Å². The van der Waals surface area contributed by atoms with Crippen molar-refractivity contribution in [3.8, 4) is 0 Å². The third kappa shape index (κ3) is 3.35. The normalized spacial score (nSPS) is 30.1. The van der Waals surface area contributed by atoms with Gasteiger partial charge in [0.1, 0.15) is 0 Å². The van der Waals surface area contributed by atoms with Gasteiger partial charge >= 0.3 is 0 Å². The van der Waals surface area contributed by atoms with Crippen molar-refractivity contribution in [3.63, 3.8) is 0 Å². The number of hydrogen-bond donors (Lipinski definition) is 2. The van der Waals surface area contributed by atoms with Crippen molar-refractivity contribution < 1.29 is 4.79 Å². The highest BCUT2D eigenvalue weighted by Crippen LogP contribution is 2.29. The molecule has 3 nitrogen and oxygen atoms in total. The van der Waals surface area contributed by atoms with E-state index in [1.54, 1.807) is 6.92 Å². The zero-order valence-electron chi connectivity index (χ0n) is 8.55. The third-order valence-corrected chi connectivity index (χ3v) is 2.78. The Kier molecular flexibility index (Phi) is 3.72. The second kappa shape index (κ2) is 4.61. The molecule has 13 heavy (non-hydrogen) atoms. The molecule has 1 aliphatic carbocycles. The summed E-state index contributed by atoms with van der Waals surface area (Å²) >= 11 is 0. The number of carbonyl (C=O) groups is 1. The first kappa shape index (κ1) is 10.5. The van der Waals surface area contributed by atoms with E-state index in [1.807, 2.05) is 0 Å². The van der Waals surface area contributed by atoms with E-state index in [4.69, 9.17) is 5.73 Å². The standard InChI is InChI=1S/C10H20N2O/c1-7-3-4-9(5-7)6-12-10(13)8(2)11/h7-9H,3-6,11H2,1-2H3,(H,12,13)/t7?,8-,9?/m0/s1. The summed E-state index contributed by atoms with van der Waals surface area (Å²) in [4.78, 5) is 11.1. The van der Waals surface area contributed by atoms with Crippen LogP contribution in [0.4, 0.5) is 0 Å². The summed E-state index contributed by atoms with van der Waals surface area (Å²) < 4.78 is 0. The predicted octanol–water partition coefficient (Wildman–Crippen LogP) is 0.886. The van der Waals surface area contributed by atoms with Gasteiger partial charge in [0.15, 0.2) is 0 Å². The summed E-state index contributed by atoms with van der Waals surface area (Å²) in [6, 6.07) is -0.376. The lowest BCUT2D eigenvalue weighted by atomic mass is 10.1. The molecule has 1 fully saturated rings. The van der Waals surface area contributed by atoms with E-state index < -0.39 is 0 Å². The maximum absolute atomic E-state index is 11.1. The smallest absolute Gasteiger partial charge is 0.236 e. The lowest BCUT2D eigenvalue weighted by molar-refractivity contribution is -0.122. The summed E-state index contributed by atoms with van der Waals surface area (Å²) in [5.74, 6) is 1.48. The molecular weight excluding hydrogens is 164 g/mol. The third-order valence-electron chi connectivity index (χ3n) is 2.78. The van der Waals surface area contributed by atoms with E-state index in [-0.39, 0.29) is 11.9 Å². The Hall–Kier alpha value is -0.570.